The monoisotopic (exact) mass is 391 g/mol. The van der Waals surface area contributed by atoms with Gasteiger partial charge in [0.15, 0.2) is 0 Å². The van der Waals surface area contributed by atoms with Gasteiger partial charge in [-0.05, 0) is 30.9 Å². The molecular weight excluding hydrogens is 360 g/mol. The fourth-order valence-corrected chi connectivity index (χ4v) is 5.28. The molecule has 28 heavy (non-hydrogen) atoms. The second-order valence-corrected chi connectivity index (χ2v) is 8.81. The van der Waals surface area contributed by atoms with E-state index in [4.69, 9.17) is 0 Å². The molecule has 1 N–H and O–H groups in total. The maximum atomic E-state index is 13.7. The van der Waals surface area contributed by atoms with Crippen molar-refractivity contribution in [3.8, 4) is 0 Å². The molecule has 3 fully saturated rings. The van der Waals surface area contributed by atoms with Crippen molar-refractivity contribution in [3.63, 3.8) is 0 Å². The molecule has 154 valence electrons. The van der Waals surface area contributed by atoms with Crippen molar-refractivity contribution in [2.24, 2.45) is 5.92 Å². The molecule has 4 nitrogen and oxygen atoms in total. The highest BCUT2D eigenvalue weighted by Gasteiger charge is 2.46. The summed E-state index contributed by atoms with van der Waals surface area (Å²) in [4.78, 5) is 16.6. The summed E-state index contributed by atoms with van der Waals surface area (Å²) in [6.07, 6.45) is 11.0. The number of hydrogen-bond donors (Lipinski definition) is 1. The molecule has 0 aromatic heterocycles. The topological polar surface area (TPSA) is 35.6 Å². The standard InChI is InChI=1S/C22H31F2N3O/c23-18-12-19(24)14-20(13-18)27-16-21(28)25-22(27)8-10-26(11-9-22)15-17-6-4-2-1-3-5-7-17/h12-14,17H,1-11,15-16H2,(H,25,28). The first-order chi connectivity index (χ1) is 13.5. The average Bonchev–Trinajstić information content (AvgIpc) is 2.94. The number of carbonyl (C=O) groups excluding carboxylic acids is 1. The Balaban J connectivity index is 1.41. The van der Waals surface area contributed by atoms with Gasteiger partial charge in [-0.1, -0.05) is 32.1 Å². The molecule has 1 aliphatic carbocycles. The molecule has 2 aliphatic heterocycles. The van der Waals surface area contributed by atoms with Crippen molar-refractivity contribution >= 4 is 11.6 Å². The van der Waals surface area contributed by atoms with Crippen molar-refractivity contribution < 1.29 is 13.6 Å². The summed E-state index contributed by atoms with van der Waals surface area (Å²) in [5, 5.41) is 3.11. The zero-order chi connectivity index (χ0) is 19.6. The van der Waals surface area contributed by atoms with Gasteiger partial charge in [-0.2, -0.15) is 0 Å². The number of halogens is 2. The molecule has 0 atom stereocenters. The molecule has 1 saturated carbocycles. The lowest BCUT2D eigenvalue weighted by Crippen LogP contribution is -2.59. The van der Waals surface area contributed by atoms with Gasteiger partial charge in [0.25, 0.3) is 0 Å². The number of hydrogen-bond acceptors (Lipinski definition) is 3. The Morgan fingerprint density at radius 1 is 0.964 bits per heavy atom. The van der Waals surface area contributed by atoms with Gasteiger partial charge in [0, 0.05) is 44.2 Å². The lowest BCUT2D eigenvalue weighted by atomic mass is 9.89. The molecule has 0 bridgehead atoms. The highest BCUT2D eigenvalue weighted by Crippen LogP contribution is 2.35. The van der Waals surface area contributed by atoms with Gasteiger partial charge in [0.1, 0.15) is 17.3 Å². The number of likely N-dealkylation sites (tertiary alicyclic amines) is 1. The van der Waals surface area contributed by atoms with Crippen molar-refractivity contribution in [1.29, 1.82) is 0 Å². The summed E-state index contributed by atoms with van der Waals surface area (Å²) in [5.41, 5.74) is -0.0707. The molecule has 6 heteroatoms. The first-order valence-electron chi connectivity index (χ1n) is 10.8. The zero-order valence-corrected chi connectivity index (χ0v) is 16.6. The molecule has 1 amide bonds. The minimum Gasteiger partial charge on any atom is -0.339 e. The number of rotatable bonds is 3. The Labute approximate surface area is 166 Å². The molecule has 0 unspecified atom stereocenters. The van der Waals surface area contributed by atoms with Crippen molar-refractivity contribution in [1.82, 2.24) is 10.2 Å². The Kier molecular flexibility index (Phi) is 5.85. The highest BCUT2D eigenvalue weighted by molar-refractivity contribution is 5.86. The second-order valence-electron chi connectivity index (χ2n) is 8.81. The van der Waals surface area contributed by atoms with Gasteiger partial charge in [0.2, 0.25) is 5.91 Å². The van der Waals surface area contributed by atoms with Gasteiger partial charge >= 0.3 is 0 Å². The number of anilines is 1. The quantitative estimate of drug-likeness (QED) is 0.844. The summed E-state index contributed by atoms with van der Waals surface area (Å²) in [7, 11) is 0. The fourth-order valence-electron chi connectivity index (χ4n) is 5.28. The van der Waals surface area contributed by atoms with Crippen LogP contribution in [-0.2, 0) is 4.79 Å². The van der Waals surface area contributed by atoms with Crippen LogP contribution in [-0.4, -0.2) is 42.6 Å². The van der Waals surface area contributed by atoms with Crippen LogP contribution in [0.3, 0.4) is 0 Å². The summed E-state index contributed by atoms with van der Waals surface area (Å²) in [5.74, 6) is -0.503. The van der Waals surface area contributed by atoms with Crippen molar-refractivity contribution in [2.75, 3.05) is 31.1 Å². The van der Waals surface area contributed by atoms with Crippen molar-refractivity contribution in [3.05, 3.63) is 29.8 Å². The molecular formula is C22H31F2N3O. The Hall–Kier alpha value is -1.69. The molecule has 0 radical (unpaired) electrons. The summed E-state index contributed by atoms with van der Waals surface area (Å²) in [6, 6.07) is 3.52. The van der Waals surface area contributed by atoms with Crippen LogP contribution in [0.2, 0.25) is 0 Å². The van der Waals surface area contributed by atoms with Gasteiger partial charge in [0.05, 0.1) is 6.54 Å². The zero-order valence-electron chi connectivity index (χ0n) is 16.6. The third-order valence-corrected chi connectivity index (χ3v) is 6.77. The van der Waals surface area contributed by atoms with E-state index in [0.717, 1.165) is 44.5 Å². The Morgan fingerprint density at radius 2 is 1.57 bits per heavy atom. The van der Waals surface area contributed by atoms with E-state index in [1.165, 1.54) is 57.1 Å². The maximum absolute atomic E-state index is 13.7. The van der Waals surface area contributed by atoms with Gasteiger partial charge in [-0.15, -0.1) is 0 Å². The predicted molar refractivity (Wildman–Crippen MR) is 106 cm³/mol. The predicted octanol–water partition coefficient (Wildman–Crippen LogP) is 4.05. The normalized spacial score (nSPS) is 24.2. The van der Waals surface area contributed by atoms with Crippen LogP contribution in [0.4, 0.5) is 14.5 Å². The highest BCUT2D eigenvalue weighted by atomic mass is 19.1. The molecule has 1 aromatic rings. The average molecular weight is 392 g/mol. The van der Waals surface area contributed by atoms with Gasteiger partial charge in [-0.25, -0.2) is 8.78 Å². The third-order valence-electron chi connectivity index (χ3n) is 6.77. The Morgan fingerprint density at radius 3 is 2.21 bits per heavy atom. The van der Waals surface area contributed by atoms with Crippen LogP contribution >= 0.6 is 0 Å². The number of piperidine rings is 1. The van der Waals surface area contributed by atoms with Crippen LogP contribution in [0, 0.1) is 17.6 Å². The minimum atomic E-state index is -0.605. The molecule has 1 spiro atoms. The number of nitrogens with one attached hydrogen (secondary N) is 1. The van der Waals surface area contributed by atoms with Crippen LogP contribution in [0.25, 0.3) is 0 Å². The fraction of sp³-hybridized carbons (Fsp3) is 0.682. The number of carbonyl (C=O) groups is 1. The second kappa shape index (κ2) is 8.36. The Bertz CT molecular complexity index is 675. The van der Waals surface area contributed by atoms with E-state index in [0.29, 0.717) is 5.69 Å². The third kappa shape index (κ3) is 4.32. The largest absolute Gasteiger partial charge is 0.339 e. The van der Waals surface area contributed by atoms with Crippen LogP contribution < -0.4 is 10.2 Å². The molecule has 2 heterocycles. The molecule has 4 rings (SSSR count). The maximum Gasteiger partial charge on any atom is 0.241 e. The first-order valence-corrected chi connectivity index (χ1v) is 10.8. The van der Waals surface area contributed by atoms with Crippen LogP contribution in [0.15, 0.2) is 18.2 Å². The molecule has 2 saturated heterocycles. The lowest BCUT2D eigenvalue weighted by Gasteiger charge is -2.45. The van der Waals surface area contributed by atoms with E-state index in [1.807, 2.05) is 4.90 Å². The SMILES string of the molecule is O=C1CN(c2cc(F)cc(F)c2)C2(CCN(CC3CCCCCCC3)CC2)N1. The van der Waals surface area contributed by atoms with E-state index in [9.17, 15) is 13.6 Å². The summed E-state index contributed by atoms with van der Waals surface area (Å²) in [6.45, 7) is 3.11. The van der Waals surface area contributed by atoms with Gasteiger partial charge < -0.3 is 15.1 Å². The lowest BCUT2D eigenvalue weighted by molar-refractivity contribution is -0.119. The van der Waals surface area contributed by atoms with E-state index in [2.05, 4.69) is 10.2 Å². The van der Waals surface area contributed by atoms with Crippen molar-refractivity contribution in [2.45, 2.75) is 63.5 Å². The minimum absolute atomic E-state index is 0.0712. The summed E-state index contributed by atoms with van der Waals surface area (Å²) < 4.78 is 27.5. The van der Waals surface area contributed by atoms with Gasteiger partial charge in [-0.3, -0.25) is 4.79 Å². The van der Waals surface area contributed by atoms with Crippen LogP contribution in [0.5, 0.6) is 0 Å². The van der Waals surface area contributed by atoms with E-state index >= 15 is 0 Å². The first kappa shape index (κ1) is 19.6. The molecule has 3 aliphatic rings. The smallest absolute Gasteiger partial charge is 0.241 e. The molecule has 1 aromatic carbocycles. The number of nitrogens with zero attached hydrogens (tertiary/aromatic N) is 2. The summed E-state index contributed by atoms with van der Waals surface area (Å²) >= 11 is 0. The van der Waals surface area contributed by atoms with E-state index in [1.54, 1.807) is 0 Å². The van der Waals surface area contributed by atoms with Crippen LogP contribution in [0.1, 0.15) is 57.8 Å². The number of benzene rings is 1. The van der Waals surface area contributed by atoms with E-state index in [-0.39, 0.29) is 12.5 Å². The number of amides is 1. The van der Waals surface area contributed by atoms with E-state index < -0.39 is 17.3 Å².